The molecular weight excluding hydrogens is 314 g/mol. The number of carbonyl (C=O) groups is 1. The van der Waals surface area contributed by atoms with Gasteiger partial charge in [0.05, 0.1) is 5.69 Å². The molecule has 0 aromatic heterocycles. The molecule has 7 heteroatoms. The number of piperazine rings is 1. The zero-order valence-electron chi connectivity index (χ0n) is 13.5. The first-order valence-electron chi connectivity index (χ1n) is 8.00. The Bertz CT molecular complexity index is 696. The van der Waals surface area contributed by atoms with E-state index in [0.717, 1.165) is 6.42 Å². The van der Waals surface area contributed by atoms with E-state index in [0.29, 0.717) is 37.8 Å². The number of anilines is 1. The third kappa shape index (κ3) is 3.21. The van der Waals surface area contributed by atoms with Crippen molar-refractivity contribution in [3.63, 3.8) is 0 Å². The number of sulfonamides is 1. The highest BCUT2D eigenvalue weighted by Gasteiger charge is 2.42. The van der Waals surface area contributed by atoms with E-state index in [4.69, 9.17) is 0 Å². The van der Waals surface area contributed by atoms with Gasteiger partial charge < -0.3 is 9.80 Å². The summed E-state index contributed by atoms with van der Waals surface area (Å²) >= 11 is 0. The lowest BCUT2D eigenvalue weighted by molar-refractivity contribution is -0.133. The van der Waals surface area contributed by atoms with Gasteiger partial charge in [-0.15, -0.1) is 0 Å². The Labute approximate surface area is 137 Å². The number of hydrogen-bond donors (Lipinski definition) is 1. The predicted molar refractivity (Wildman–Crippen MR) is 88.8 cm³/mol. The van der Waals surface area contributed by atoms with Crippen LogP contribution < -0.4 is 9.62 Å². The lowest BCUT2D eigenvalue weighted by Crippen LogP contribution is -2.49. The second-order valence-corrected chi connectivity index (χ2v) is 8.16. The van der Waals surface area contributed by atoms with Crippen LogP contribution in [0, 0.1) is 11.8 Å². The van der Waals surface area contributed by atoms with Crippen molar-refractivity contribution in [2.45, 2.75) is 18.2 Å². The summed E-state index contributed by atoms with van der Waals surface area (Å²) < 4.78 is 26.7. The van der Waals surface area contributed by atoms with E-state index >= 15 is 0 Å². The van der Waals surface area contributed by atoms with Crippen LogP contribution in [-0.4, -0.2) is 52.5 Å². The summed E-state index contributed by atoms with van der Waals surface area (Å²) in [5.74, 6) is 0.980. The van der Waals surface area contributed by atoms with Crippen LogP contribution in [0.4, 0.5) is 5.69 Å². The Kier molecular flexibility index (Phi) is 4.33. The smallest absolute Gasteiger partial charge is 0.242 e. The van der Waals surface area contributed by atoms with E-state index in [2.05, 4.69) is 11.6 Å². The van der Waals surface area contributed by atoms with Crippen molar-refractivity contribution < 1.29 is 13.2 Å². The molecule has 1 aromatic rings. The van der Waals surface area contributed by atoms with Crippen molar-refractivity contribution in [1.29, 1.82) is 0 Å². The molecule has 23 heavy (non-hydrogen) atoms. The van der Waals surface area contributed by atoms with Gasteiger partial charge in [-0.2, -0.15) is 0 Å². The normalized spacial score (nSPS) is 24.6. The number of benzene rings is 1. The molecule has 1 aromatic carbocycles. The maximum absolute atomic E-state index is 12.3. The molecular formula is C16H23N3O3S. The Morgan fingerprint density at radius 3 is 2.35 bits per heavy atom. The minimum atomic E-state index is -3.49. The van der Waals surface area contributed by atoms with E-state index in [9.17, 15) is 13.2 Å². The maximum Gasteiger partial charge on any atom is 0.242 e. The Morgan fingerprint density at radius 2 is 1.78 bits per heavy atom. The quantitative estimate of drug-likeness (QED) is 0.886. The third-order valence-electron chi connectivity index (χ3n) is 4.78. The number of carbonyl (C=O) groups excluding carboxylic acids is 1. The van der Waals surface area contributed by atoms with Crippen molar-refractivity contribution in [2.75, 3.05) is 38.1 Å². The van der Waals surface area contributed by atoms with Crippen molar-refractivity contribution in [1.82, 2.24) is 9.62 Å². The molecule has 1 amide bonds. The first-order valence-corrected chi connectivity index (χ1v) is 9.48. The molecule has 0 unspecified atom stereocenters. The lowest BCUT2D eigenvalue weighted by Gasteiger charge is -2.37. The molecule has 1 aliphatic heterocycles. The average molecular weight is 337 g/mol. The third-order valence-corrected chi connectivity index (χ3v) is 6.24. The van der Waals surface area contributed by atoms with E-state index < -0.39 is 10.0 Å². The van der Waals surface area contributed by atoms with Crippen LogP contribution >= 0.6 is 0 Å². The first-order chi connectivity index (χ1) is 10.9. The van der Waals surface area contributed by atoms with Gasteiger partial charge in [-0.05, 0) is 31.5 Å². The van der Waals surface area contributed by atoms with Gasteiger partial charge in [0.25, 0.3) is 0 Å². The fourth-order valence-corrected chi connectivity index (χ4v) is 4.07. The van der Waals surface area contributed by atoms with E-state index in [-0.39, 0.29) is 16.7 Å². The van der Waals surface area contributed by atoms with Crippen molar-refractivity contribution >= 4 is 21.6 Å². The molecule has 6 nitrogen and oxygen atoms in total. The number of hydrogen-bond acceptors (Lipinski definition) is 4. The fourth-order valence-electron chi connectivity index (χ4n) is 3.12. The van der Waals surface area contributed by atoms with Crippen LogP contribution in [0.2, 0.25) is 0 Å². The van der Waals surface area contributed by atoms with Crippen LogP contribution in [-0.2, 0) is 14.8 Å². The Hall–Kier alpha value is -1.60. The van der Waals surface area contributed by atoms with E-state index in [1.54, 1.807) is 12.1 Å². The van der Waals surface area contributed by atoms with Crippen molar-refractivity contribution in [3.05, 3.63) is 24.3 Å². The van der Waals surface area contributed by atoms with Gasteiger partial charge in [-0.25, -0.2) is 13.1 Å². The van der Waals surface area contributed by atoms with Gasteiger partial charge in [0, 0.05) is 32.1 Å². The van der Waals surface area contributed by atoms with Gasteiger partial charge in [-0.3, -0.25) is 4.79 Å². The number of rotatable bonds is 4. The van der Waals surface area contributed by atoms with Gasteiger partial charge >= 0.3 is 0 Å². The maximum atomic E-state index is 12.3. The van der Waals surface area contributed by atoms with Gasteiger partial charge in [0.2, 0.25) is 15.9 Å². The van der Waals surface area contributed by atoms with Crippen LogP contribution in [0.1, 0.15) is 13.3 Å². The Morgan fingerprint density at radius 1 is 1.17 bits per heavy atom. The predicted octanol–water partition coefficient (Wildman–Crippen LogP) is 0.899. The summed E-state index contributed by atoms with van der Waals surface area (Å²) in [7, 11) is -2.07. The molecule has 1 heterocycles. The number of amides is 1. The molecule has 0 radical (unpaired) electrons. The summed E-state index contributed by atoms with van der Waals surface area (Å²) in [5, 5.41) is 0. The molecule has 3 rings (SSSR count). The molecule has 0 bridgehead atoms. The first kappa shape index (κ1) is 16.3. The SMILES string of the molecule is CNS(=O)(=O)c1ccccc1N1CCN(C(=O)[C@H]2C[C@H]2C)CC1. The standard InChI is InChI=1S/C16H23N3O3S/c1-12-11-13(12)16(20)19-9-7-18(8-10-19)14-5-3-4-6-15(14)23(21,22)17-2/h3-6,12-13,17H,7-11H2,1-2H3/t12-,13+/m1/s1. The summed E-state index contributed by atoms with van der Waals surface area (Å²) in [5.41, 5.74) is 0.703. The van der Waals surface area contributed by atoms with Crippen molar-refractivity contribution in [2.24, 2.45) is 11.8 Å². The van der Waals surface area contributed by atoms with Crippen LogP contribution in [0.3, 0.4) is 0 Å². The number of nitrogens with one attached hydrogen (secondary N) is 1. The number of para-hydroxylation sites is 1. The van der Waals surface area contributed by atoms with Crippen LogP contribution in [0.25, 0.3) is 0 Å². The zero-order chi connectivity index (χ0) is 16.6. The van der Waals surface area contributed by atoms with Crippen molar-refractivity contribution in [3.8, 4) is 0 Å². The molecule has 126 valence electrons. The summed E-state index contributed by atoms with van der Waals surface area (Å²) in [6, 6.07) is 7.00. The fraction of sp³-hybridized carbons (Fsp3) is 0.562. The largest absolute Gasteiger partial charge is 0.367 e. The molecule has 1 saturated carbocycles. The second-order valence-electron chi connectivity index (χ2n) is 6.31. The minimum Gasteiger partial charge on any atom is -0.367 e. The van der Waals surface area contributed by atoms with Gasteiger partial charge in [0.15, 0.2) is 0 Å². The molecule has 0 spiro atoms. The van der Waals surface area contributed by atoms with E-state index in [1.807, 2.05) is 21.9 Å². The molecule has 1 aliphatic carbocycles. The topological polar surface area (TPSA) is 69.7 Å². The average Bonchev–Trinajstić information content (AvgIpc) is 3.31. The zero-order valence-corrected chi connectivity index (χ0v) is 14.3. The minimum absolute atomic E-state index is 0.207. The molecule has 2 aliphatic rings. The number of nitrogens with zero attached hydrogens (tertiary/aromatic N) is 2. The molecule has 1 N–H and O–H groups in total. The monoisotopic (exact) mass is 337 g/mol. The molecule has 2 atom stereocenters. The summed E-state index contributed by atoms with van der Waals surface area (Å²) in [6.45, 7) is 4.72. The van der Waals surface area contributed by atoms with Gasteiger partial charge in [-0.1, -0.05) is 19.1 Å². The highest BCUT2D eigenvalue weighted by Crippen LogP contribution is 2.39. The lowest BCUT2D eigenvalue weighted by atomic mass is 10.2. The van der Waals surface area contributed by atoms with Crippen LogP contribution in [0.5, 0.6) is 0 Å². The van der Waals surface area contributed by atoms with Gasteiger partial charge in [0.1, 0.15) is 4.90 Å². The summed E-state index contributed by atoms with van der Waals surface area (Å²) in [6.07, 6.45) is 1.00. The summed E-state index contributed by atoms with van der Waals surface area (Å²) in [4.78, 5) is 16.5. The molecule has 2 fully saturated rings. The van der Waals surface area contributed by atoms with Crippen LogP contribution in [0.15, 0.2) is 29.2 Å². The highest BCUT2D eigenvalue weighted by atomic mass is 32.2. The Balaban J connectivity index is 1.72. The molecule has 1 saturated heterocycles. The van der Waals surface area contributed by atoms with E-state index in [1.165, 1.54) is 7.05 Å². The second kappa shape index (κ2) is 6.13. The highest BCUT2D eigenvalue weighted by molar-refractivity contribution is 7.89.